The lowest BCUT2D eigenvalue weighted by Gasteiger charge is -2.59. The van der Waals surface area contributed by atoms with Crippen LogP contribution in [-0.2, 0) is 14.4 Å². The minimum atomic E-state index is -2.18. The predicted molar refractivity (Wildman–Crippen MR) is 148 cm³/mol. The van der Waals surface area contributed by atoms with E-state index in [4.69, 9.17) is 4.74 Å². The zero-order valence-electron chi connectivity index (χ0n) is 23.3. The molecule has 4 aliphatic rings. The Morgan fingerprint density at radius 1 is 0.977 bits per heavy atom. The normalized spacial score (nSPS) is 33.8. The van der Waals surface area contributed by atoms with Gasteiger partial charge in [0, 0.05) is 17.8 Å². The van der Waals surface area contributed by atoms with Crippen molar-refractivity contribution in [1.29, 1.82) is 0 Å². The van der Waals surface area contributed by atoms with Crippen LogP contribution < -0.4 is 4.74 Å². The number of fused-ring (bicyclic) bond motifs is 3. The molecule has 0 saturated heterocycles. The molecule has 12 heteroatoms. The number of carboxylic acid groups (broad SMARTS) is 2. The Balaban J connectivity index is 1.52. The quantitative estimate of drug-likeness (QED) is 0.152. The first kappa shape index (κ1) is 29.4. The van der Waals surface area contributed by atoms with E-state index in [1.54, 1.807) is 6.08 Å². The molecule has 1 aliphatic heterocycles. The third-order valence-electron chi connectivity index (χ3n) is 10.3. The molecule has 2 fully saturated rings. The fourth-order valence-corrected chi connectivity index (χ4v) is 8.65. The molecule has 6 N–H and O–H groups in total. The molecule has 7 atom stereocenters. The molecule has 0 unspecified atom stereocenters. The third kappa shape index (κ3) is 3.97. The molecule has 2 saturated carbocycles. The van der Waals surface area contributed by atoms with E-state index in [0.717, 1.165) is 24.3 Å². The first-order valence-electron chi connectivity index (χ1n) is 14.2. The van der Waals surface area contributed by atoms with Gasteiger partial charge in [-0.1, -0.05) is 6.08 Å². The second-order valence-corrected chi connectivity index (χ2v) is 12.5. The van der Waals surface area contributed by atoms with Gasteiger partial charge in [0.25, 0.3) is 0 Å². The Kier molecular flexibility index (Phi) is 6.62. The summed E-state index contributed by atoms with van der Waals surface area (Å²) in [4.78, 5) is 65.7. The number of allylic oxidation sites excluding steroid dienone is 2. The highest BCUT2D eigenvalue weighted by atomic mass is 16.5. The summed E-state index contributed by atoms with van der Waals surface area (Å²) in [5.74, 6) is -8.68. The average Bonchev–Trinajstić information content (AvgIpc) is 3.50. The summed E-state index contributed by atoms with van der Waals surface area (Å²) in [6.07, 6.45) is -0.916. The SMILES string of the molecule is O=CC1=C[C@H]2C[C@@](CC(=O)c3cc(O)ccc3O)(C(=O)O)[C@H](O)[C@@]([C@@H]3CC[C@@H](C(=O)O)[C@]34Oc3ccc(O)cc3C4=O)(C1)C2. The van der Waals surface area contributed by atoms with Crippen molar-refractivity contribution in [2.24, 2.45) is 28.6 Å². The van der Waals surface area contributed by atoms with Crippen LogP contribution in [0.15, 0.2) is 48.0 Å². The number of hydrogen-bond acceptors (Lipinski definition) is 10. The molecule has 2 aromatic carbocycles. The Morgan fingerprint density at radius 2 is 1.68 bits per heavy atom. The van der Waals surface area contributed by atoms with Crippen LogP contribution in [0.2, 0.25) is 0 Å². The number of aliphatic hydroxyl groups excluding tert-OH is 1. The molecule has 1 heterocycles. The molecule has 44 heavy (non-hydrogen) atoms. The second-order valence-electron chi connectivity index (χ2n) is 12.5. The van der Waals surface area contributed by atoms with E-state index in [-0.39, 0.29) is 66.1 Å². The number of rotatable bonds is 7. The number of aldehydes is 1. The van der Waals surface area contributed by atoms with Gasteiger partial charge < -0.3 is 35.4 Å². The van der Waals surface area contributed by atoms with Gasteiger partial charge in [-0.2, -0.15) is 0 Å². The van der Waals surface area contributed by atoms with E-state index in [2.05, 4.69) is 0 Å². The number of ether oxygens (including phenoxy) is 1. The minimum absolute atomic E-state index is 0.0234. The highest BCUT2D eigenvalue weighted by molar-refractivity contribution is 6.10. The summed E-state index contributed by atoms with van der Waals surface area (Å²) in [6.45, 7) is 0. The van der Waals surface area contributed by atoms with Crippen LogP contribution in [-0.4, -0.2) is 72.1 Å². The van der Waals surface area contributed by atoms with Crippen molar-refractivity contribution in [3.8, 4) is 23.0 Å². The van der Waals surface area contributed by atoms with Gasteiger partial charge in [0.05, 0.1) is 17.2 Å². The number of phenolic OH excluding ortho intramolecular Hbond substituents is 3. The zero-order valence-corrected chi connectivity index (χ0v) is 23.3. The number of benzene rings is 2. The maximum atomic E-state index is 14.2. The monoisotopic (exact) mass is 606 g/mol. The number of aliphatic carboxylic acids is 2. The lowest BCUT2D eigenvalue weighted by molar-refractivity contribution is -0.196. The van der Waals surface area contributed by atoms with E-state index in [1.807, 2.05) is 0 Å². The van der Waals surface area contributed by atoms with Crippen molar-refractivity contribution in [3.05, 3.63) is 59.2 Å². The van der Waals surface area contributed by atoms with Crippen molar-refractivity contribution >= 4 is 29.8 Å². The van der Waals surface area contributed by atoms with Crippen LogP contribution in [0.25, 0.3) is 0 Å². The highest BCUT2D eigenvalue weighted by Gasteiger charge is 2.73. The van der Waals surface area contributed by atoms with Crippen LogP contribution in [0.5, 0.6) is 23.0 Å². The fourth-order valence-electron chi connectivity index (χ4n) is 8.65. The highest BCUT2D eigenvalue weighted by Crippen LogP contribution is 2.67. The van der Waals surface area contributed by atoms with Gasteiger partial charge >= 0.3 is 11.9 Å². The maximum absolute atomic E-state index is 14.2. The van der Waals surface area contributed by atoms with Crippen molar-refractivity contribution in [2.75, 3.05) is 0 Å². The molecule has 0 radical (unpaired) electrons. The molecule has 230 valence electrons. The number of aromatic hydroxyl groups is 3. The largest absolute Gasteiger partial charge is 0.508 e. The van der Waals surface area contributed by atoms with Crippen molar-refractivity contribution in [2.45, 2.75) is 50.2 Å². The first-order valence-corrected chi connectivity index (χ1v) is 14.2. The van der Waals surface area contributed by atoms with Gasteiger partial charge in [-0.05, 0) is 80.0 Å². The molecular weight excluding hydrogens is 576 g/mol. The van der Waals surface area contributed by atoms with Crippen LogP contribution >= 0.6 is 0 Å². The number of aliphatic hydroxyl groups is 1. The van der Waals surface area contributed by atoms with Crippen molar-refractivity contribution in [1.82, 2.24) is 0 Å². The Bertz CT molecular complexity index is 1660. The van der Waals surface area contributed by atoms with Gasteiger partial charge in [0.15, 0.2) is 11.4 Å². The number of carboxylic acids is 2. The molecule has 3 aliphatic carbocycles. The van der Waals surface area contributed by atoms with E-state index in [0.29, 0.717) is 6.29 Å². The minimum Gasteiger partial charge on any atom is -0.508 e. The van der Waals surface area contributed by atoms with Crippen LogP contribution in [0.1, 0.15) is 59.2 Å². The number of carbonyl (C=O) groups excluding carboxylic acids is 3. The lowest BCUT2D eigenvalue weighted by atomic mass is 9.46. The smallest absolute Gasteiger partial charge is 0.312 e. The second kappa shape index (κ2) is 9.91. The lowest BCUT2D eigenvalue weighted by Crippen LogP contribution is -2.66. The van der Waals surface area contributed by atoms with E-state index >= 15 is 0 Å². The summed E-state index contributed by atoms with van der Waals surface area (Å²) < 4.78 is 6.24. The maximum Gasteiger partial charge on any atom is 0.312 e. The number of phenols is 3. The molecule has 12 nitrogen and oxygen atoms in total. The van der Waals surface area contributed by atoms with E-state index in [9.17, 15) is 54.6 Å². The molecule has 0 amide bonds. The Morgan fingerprint density at radius 3 is 2.36 bits per heavy atom. The summed E-state index contributed by atoms with van der Waals surface area (Å²) in [7, 11) is 0. The molecule has 2 bridgehead atoms. The summed E-state index contributed by atoms with van der Waals surface area (Å²) in [5.41, 5.74) is -6.03. The molecule has 6 rings (SSSR count). The standard InChI is InChI=1S/C32H30O12/c33-14-16-7-15-10-30(12-16,28(41)31(11-15,29(42)43)13-23(37)19-8-17(34)1-4-22(19)36)25-6-3-21(27(39)40)32(25)26(38)20-9-18(35)2-5-24(20)44-32/h1-2,4-5,7-9,14-15,21,25,28,34-36,41H,3,6,10-13H2,(H,39,40)(H,42,43)/t15-,21+,25+,28-,30-,31+,32+/m1/s1. The van der Waals surface area contributed by atoms with Gasteiger partial charge in [-0.3, -0.25) is 24.0 Å². The van der Waals surface area contributed by atoms with E-state index < -0.39 is 76.0 Å². The van der Waals surface area contributed by atoms with Gasteiger partial charge in [0.1, 0.15) is 40.6 Å². The summed E-state index contributed by atoms with van der Waals surface area (Å²) >= 11 is 0. The Hall–Kier alpha value is -4.71. The van der Waals surface area contributed by atoms with Crippen molar-refractivity contribution in [3.63, 3.8) is 0 Å². The van der Waals surface area contributed by atoms with Gasteiger partial charge in [-0.15, -0.1) is 0 Å². The topological polar surface area (TPSA) is 216 Å². The fraction of sp³-hybridized carbons (Fsp3) is 0.406. The van der Waals surface area contributed by atoms with Gasteiger partial charge in [-0.25, -0.2) is 0 Å². The molecular formula is C32H30O12. The molecule has 0 aromatic heterocycles. The number of carbonyl (C=O) groups is 5. The van der Waals surface area contributed by atoms with E-state index in [1.165, 1.54) is 12.1 Å². The van der Waals surface area contributed by atoms with Crippen molar-refractivity contribution < 1.29 is 59.3 Å². The summed E-state index contributed by atoms with van der Waals surface area (Å²) in [6, 6.07) is 7.00. The van der Waals surface area contributed by atoms with Crippen LogP contribution in [0, 0.1) is 28.6 Å². The predicted octanol–water partition coefficient (Wildman–Crippen LogP) is 2.86. The Labute approximate surface area is 250 Å². The first-order chi connectivity index (χ1) is 20.8. The number of hydrogen-bond donors (Lipinski definition) is 6. The summed E-state index contributed by atoms with van der Waals surface area (Å²) in [5, 5.41) is 63.6. The number of Topliss-reactive ketones (excluding diaryl/α,β-unsaturated/α-hetero) is 2. The zero-order chi connectivity index (χ0) is 31.8. The molecule has 1 spiro atoms. The van der Waals surface area contributed by atoms with Gasteiger partial charge in [0.2, 0.25) is 5.78 Å². The molecule has 2 aromatic rings. The number of ketones is 2. The third-order valence-corrected chi connectivity index (χ3v) is 10.3. The van der Waals surface area contributed by atoms with Crippen LogP contribution in [0.4, 0.5) is 0 Å². The van der Waals surface area contributed by atoms with Crippen LogP contribution in [0.3, 0.4) is 0 Å². The average molecular weight is 607 g/mol.